The number of halogens is 2. The lowest BCUT2D eigenvalue weighted by Crippen LogP contribution is -2.38. The van der Waals surface area contributed by atoms with E-state index in [0.29, 0.717) is 22.1 Å². The maximum absolute atomic E-state index is 13.3. The molecule has 0 saturated carbocycles. The summed E-state index contributed by atoms with van der Waals surface area (Å²) >= 11 is 12.0. The number of hydrogen-bond donors (Lipinski definition) is 1. The molecule has 3 aromatic carbocycles. The van der Waals surface area contributed by atoms with Crippen LogP contribution >= 0.6 is 23.2 Å². The third kappa shape index (κ3) is 5.05. The van der Waals surface area contributed by atoms with E-state index in [1.807, 2.05) is 0 Å². The first-order chi connectivity index (χ1) is 14.3. The zero-order valence-electron chi connectivity index (χ0n) is 15.9. The number of hydrogen-bond acceptors (Lipinski definition) is 4. The van der Waals surface area contributed by atoms with Gasteiger partial charge >= 0.3 is 0 Å². The maximum Gasteiger partial charge on any atom is 0.264 e. The molecule has 1 amide bonds. The summed E-state index contributed by atoms with van der Waals surface area (Å²) in [5.41, 5.74) is 0.648. The second-order valence-electron chi connectivity index (χ2n) is 6.20. The SMILES string of the molecule is COc1ccc(N(CC(=O)Nc2ccc(Cl)cc2Cl)S(=O)(=O)c2ccccc2)cc1. The van der Waals surface area contributed by atoms with Crippen molar-refractivity contribution in [3.8, 4) is 5.75 Å². The number of carbonyl (C=O) groups excluding carboxylic acids is 1. The van der Waals surface area contributed by atoms with Gasteiger partial charge in [-0.3, -0.25) is 9.10 Å². The summed E-state index contributed by atoms with van der Waals surface area (Å²) in [6.07, 6.45) is 0. The van der Waals surface area contributed by atoms with Crippen molar-refractivity contribution in [3.63, 3.8) is 0 Å². The maximum atomic E-state index is 13.3. The molecule has 0 spiro atoms. The molecular weight excluding hydrogens is 447 g/mol. The van der Waals surface area contributed by atoms with Gasteiger partial charge in [0.05, 0.1) is 28.4 Å². The molecule has 0 aliphatic heterocycles. The molecule has 0 fully saturated rings. The number of amides is 1. The minimum atomic E-state index is -4.00. The Morgan fingerprint density at radius 1 is 1.00 bits per heavy atom. The molecule has 0 aromatic heterocycles. The molecule has 156 valence electrons. The Balaban J connectivity index is 1.93. The molecule has 3 aromatic rings. The predicted molar refractivity (Wildman–Crippen MR) is 119 cm³/mol. The van der Waals surface area contributed by atoms with Crippen molar-refractivity contribution in [1.29, 1.82) is 0 Å². The van der Waals surface area contributed by atoms with Crippen LogP contribution in [0.15, 0.2) is 77.7 Å². The summed E-state index contributed by atoms with van der Waals surface area (Å²) in [4.78, 5) is 12.8. The van der Waals surface area contributed by atoms with E-state index < -0.39 is 22.5 Å². The summed E-state index contributed by atoms with van der Waals surface area (Å²) in [6.45, 7) is -0.456. The highest BCUT2D eigenvalue weighted by Gasteiger charge is 2.27. The van der Waals surface area contributed by atoms with Gasteiger partial charge in [-0.15, -0.1) is 0 Å². The Morgan fingerprint density at radius 3 is 2.27 bits per heavy atom. The third-order valence-corrected chi connectivity index (χ3v) is 6.52. The summed E-state index contributed by atoms with van der Waals surface area (Å²) in [5.74, 6) is 0.00255. The number of benzene rings is 3. The number of rotatable bonds is 7. The molecule has 0 heterocycles. The number of anilines is 2. The Kier molecular flexibility index (Phi) is 6.87. The highest BCUT2D eigenvalue weighted by molar-refractivity contribution is 7.92. The number of carbonyl (C=O) groups is 1. The topological polar surface area (TPSA) is 75.7 Å². The van der Waals surface area contributed by atoms with Gasteiger partial charge in [-0.25, -0.2) is 8.42 Å². The van der Waals surface area contributed by atoms with Gasteiger partial charge < -0.3 is 10.1 Å². The van der Waals surface area contributed by atoms with Gasteiger partial charge in [-0.05, 0) is 54.6 Å². The third-order valence-electron chi connectivity index (χ3n) is 4.18. The molecule has 3 rings (SSSR count). The Bertz CT molecular complexity index is 1140. The van der Waals surface area contributed by atoms with Gasteiger partial charge in [0.2, 0.25) is 5.91 Å². The van der Waals surface area contributed by atoms with Crippen molar-refractivity contribution < 1.29 is 17.9 Å². The second kappa shape index (κ2) is 9.38. The van der Waals surface area contributed by atoms with Crippen LogP contribution in [0.2, 0.25) is 10.0 Å². The lowest BCUT2D eigenvalue weighted by Gasteiger charge is -2.24. The molecule has 0 unspecified atom stereocenters. The molecule has 0 aliphatic rings. The fourth-order valence-electron chi connectivity index (χ4n) is 2.69. The minimum Gasteiger partial charge on any atom is -0.497 e. The van der Waals surface area contributed by atoms with Gasteiger partial charge in [-0.1, -0.05) is 41.4 Å². The second-order valence-corrected chi connectivity index (χ2v) is 8.90. The molecule has 0 radical (unpaired) electrons. The van der Waals surface area contributed by atoms with Crippen LogP contribution < -0.4 is 14.4 Å². The summed E-state index contributed by atoms with van der Waals surface area (Å²) in [5, 5.41) is 3.29. The predicted octanol–water partition coefficient (Wildman–Crippen LogP) is 4.84. The molecule has 9 heteroatoms. The van der Waals surface area contributed by atoms with Crippen molar-refractivity contribution in [2.75, 3.05) is 23.3 Å². The quantitative estimate of drug-likeness (QED) is 0.542. The zero-order valence-corrected chi connectivity index (χ0v) is 18.2. The number of sulfonamides is 1. The van der Waals surface area contributed by atoms with Crippen LogP contribution in [0.5, 0.6) is 5.75 Å². The van der Waals surface area contributed by atoms with Crippen LogP contribution in [0.4, 0.5) is 11.4 Å². The summed E-state index contributed by atoms with van der Waals surface area (Å²) < 4.78 is 32.7. The number of nitrogens with one attached hydrogen (secondary N) is 1. The van der Waals surface area contributed by atoms with Crippen LogP contribution in [-0.2, 0) is 14.8 Å². The van der Waals surface area contributed by atoms with E-state index in [1.54, 1.807) is 54.6 Å². The number of methoxy groups -OCH3 is 1. The molecule has 30 heavy (non-hydrogen) atoms. The number of nitrogens with zero attached hydrogens (tertiary/aromatic N) is 1. The van der Waals surface area contributed by atoms with E-state index in [9.17, 15) is 13.2 Å². The van der Waals surface area contributed by atoms with E-state index in [-0.39, 0.29) is 9.92 Å². The van der Waals surface area contributed by atoms with Gasteiger partial charge in [0.15, 0.2) is 0 Å². The lowest BCUT2D eigenvalue weighted by atomic mass is 10.3. The smallest absolute Gasteiger partial charge is 0.264 e. The average molecular weight is 465 g/mol. The van der Waals surface area contributed by atoms with Crippen LogP contribution in [0, 0.1) is 0 Å². The van der Waals surface area contributed by atoms with Crippen LogP contribution in [0.1, 0.15) is 0 Å². The average Bonchev–Trinajstić information content (AvgIpc) is 2.75. The highest BCUT2D eigenvalue weighted by atomic mass is 35.5. The summed E-state index contributed by atoms with van der Waals surface area (Å²) in [7, 11) is -2.49. The van der Waals surface area contributed by atoms with Crippen molar-refractivity contribution in [1.82, 2.24) is 0 Å². The Labute approximate surface area is 185 Å². The van der Waals surface area contributed by atoms with Gasteiger partial charge in [0, 0.05) is 5.02 Å². The van der Waals surface area contributed by atoms with Gasteiger partial charge in [0.25, 0.3) is 10.0 Å². The molecule has 6 nitrogen and oxygen atoms in total. The van der Waals surface area contributed by atoms with Gasteiger partial charge in [-0.2, -0.15) is 0 Å². The molecule has 0 aliphatic carbocycles. The Morgan fingerprint density at radius 2 is 1.67 bits per heavy atom. The van der Waals surface area contributed by atoms with E-state index in [1.165, 1.54) is 25.3 Å². The first kappa shape index (κ1) is 22.0. The molecule has 0 atom stereocenters. The minimum absolute atomic E-state index is 0.0677. The van der Waals surface area contributed by atoms with Crippen molar-refractivity contribution in [2.24, 2.45) is 0 Å². The van der Waals surface area contributed by atoms with Crippen molar-refractivity contribution in [2.45, 2.75) is 4.90 Å². The largest absolute Gasteiger partial charge is 0.497 e. The van der Waals surface area contributed by atoms with E-state index in [4.69, 9.17) is 27.9 Å². The molecule has 1 N–H and O–H groups in total. The fourth-order valence-corrected chi connectivity index (χ4v) is 4.59. The van der Waals surface area contributed by atoms with Crippen LogP contribution in [-0.4, -0.2) is 28.0 Å². The lowest BCUT2D eigenvalue weighted by molar-refractivity contribution is -0.114. The monoisotopic (exact) mass is 464 g/mol. The molecule has 0 bridgehead atoms. The van der Waals surface area contributed by atoms with Crippen molar-refractivity contribution >= 4 is 50.5 Å². The molecular formula is C21H18Cl2N2O4S. The van der Waals surface area contributed by atoms with Crippen molar-refractivity contribution in [3.05, 3.63) is 82.8 Å². The van der Waals surface area contributed by atoms with Crippen LogP contribution in [0.25, 0.3) is 0 Å². The highest BCUT2D eigenvalue weighted by Crippen LogP contribution is 2.28. The normalized spacial score (nSPS) is 11.0. The number of ether oxygens (including phenoxy) is 1. The van der Waals surface area contributed by atoms with E-state index >= 15 is 0 Å². The van der Waals surface area contributed by atoms with E-state index in [2.05, 4.69) is 5.32 Å². The van der Waals surface area contributed by atoms with Crippen LogP contribution in [0.3, 0.4) is 0 Å². The first-order valence-electron chi connectivity index (χ1n) is 8.78. The van der Waals surface area contributed by atoms with E-state index in [0.717, 1.165) is 4.31 Å². The Hall–Kier alpha value is -2.74. The zero-order chi connectivity index (χ0) is 21.7. The van der Waals surface area contributed by atoms with Gasteiger partial charge in [0.1, 0.15) is 12.3 Å². The summed E-state index contributed by atoms with van der Waals surface area (Å²) in [6, 6.07) is 18.9. The molecule has 0 saturated heterocycles. The first-order valence-corrected chi connectivity index (χ1v) is 11.0. The fraction of sp³-hybridized carbons (Fsp3) is 0.0952. The standard InChI is InChI=1S/C21H18Cl2N2O4S/c1-29-17-10-8-16(9-11-17)25(30(27,28)18-5-3-2-4-6-18)14-21(26)24-20-12-7-15(22)13-19(20)23/h2-13H,14H2,1H3,(H,24,26).